The van der Waals surface area contributed by atoms with E-state index in [-0.39, 0.29) is 0 Å². The molecule has 0 nitrogen and oxygen atoms in total. The van der Waals surface area contributed by atoms with E-state index in [0.29, 0.717) is 0 Å². The van der Waals surface area contributed by atoms with Crippen LogP contribution in [-0.4, -0.2) is 9.52 Å². The van der Waals surface area contributed by atoms with Crippen molar-refractivity contribution in [1.29, 1.82) is 0 Å². The number of hydrogen-bond donors (Lipinski definition) is 0. The second-order valence-corrected chi connectivity index (χ2v) is 20.4. The molecule has 0 aliphatic carbocycles. The first-order chi connectivity index (χ1) is 31.6. The second kappa shape index (κ2) is 24.6. The maximum absolute atomic E-state index is 4.93. The molecule has 10 aromatic carbocycles. The molecule has 10 rings (SSSR count). The first kappa shape index (κ1) is 46.6. The second-order valence-electron chi connectivity index (χ2n) is 15.7. The third kappa shape index (κ3) is 12.5. The Morgan fingerprint density at radius 1 is 0.359 bits per heavy atom. The van der Waals surface area contributed by atoms with Crippen molar-refractivity contribution in [2.45, 2.75) is 38.8 Å². The number of hydrogen-bond acceptors (Lipinski definition) is 0. The summed E-state index contributed by atoms with van der Waals surface area (Å²) in [5.74, 6) is 0. The summed E-state index contributed by atoms with van der Waals surface area (Å²) in [7, 11) is 11.0. The molecule has 0 saturated carbocycles. The van der Waals surface area contributed by atoms with Crippen LogP contribution in [0.1, 0.15) is 22.3 Å². The maximum Gasteiger partial charge on any atom is -0.0254 e. The summed E-state index contributed by atoms with van der Waals surface area (Å²) >= 11 is -0.826. The van der Waals surface area contributed by atoms with Gasteiger partial charge >= 0.3 is 37.9 Å². The van der Waals surface area contributed by atoms with Crippen LogP contribution in [0.25, 0.3) is 66.1 Å². The van der Waals surface area contributed by atoms with E-state index in [0.717, 1.165) is 35.2 Å². The Bertz CT molecular complexity index is 2540. The minimum absolute atomic E-state index is 0.826. The van der Waals surface area contributed by atoms with Crippen LogP contribution in [0, 0.1) is 0 Å². The Balaban J connectivity index is 0.000000171. The normalized spacial score (nSPS) is 10.4. The van der Waals surface area contributed by atoms with E-state index < -0.39 is 20.8 Å². The summed E-state index contributed by atoms with van der Waals surface area (Å²) in [5.41, 5.74) is 15.9. The molecule has 0 aromatic heterocycles. The minimum atomic E-state index is -0.826. The molecule has 0 heterocycles. The van der Waals surface area contributed by atoms with Gasteiger partial charge in [0, 0.05) is 9.52 Å². The van der Waals surface area contributed by atoms with Gasteiger partial charge in [-0.1, -0.05) is 253 Å². The monoisotopic (exact) mass is 960 g/mol. The molecule has 0 bridgehead atoms. The Labute approximate surface area is 401 Å². The van der Waals surface area contributed by atoms with Crippen LogP contribution >= 0.6 is 17.0 Å². The van der Waals surface area contributed by atoms with Crippen LogP contribution in [0.5, 0.6) is 0 Å². The van der Waals surface area contributed by atoms with Gasteiger partial charge < -0.3 is 0 Å². The van der Waals surface area contributed by atoms with Gasteiger partial charge in [0.05, 0.1) is 0 Å². The smallest absolute Gasteiger partial charge is 0.0254 e. The van der Waals surface area contributed by atoms with Crippen molar-refractivity contribution < 1.29 is 20.8 Å². The predicted octanol–water partition coefficient (Wildman–Crippen LogP) is 17.5. The van der Waals surface area contributed by atoms with Crippen LogP contribution in [0.3, 0.4) is 0 Å². The van der Waals surface area contributed by atoms with E-state index in [1.807, 2.05) is 0 Å². The Kier molecular flexibility index (Phi) is 18.0. The standard InChI is InChI=1S/2C29H23.C2H6Si.2ClH.Zr/c2*1-4-10-22(11-5-1)16-17-23-20-28-26(24-12-6-2-7-13-24)18-19-27(29(28)21-23)25-14-8-3-9-15-25;1-3-2;;;/h2*1-15,18-21H,16-17H2;1-2H3;2*1H;/q2*-1;;;;+4/p-2. The average molecular weight is 963 g/mol. The average Bonchev–Trinajstić information content (AvgIpc) is 4.00. The van der Waals surface area contributed by atoms with Crippen molar-refractivity contribution in [1.82, 2.24) is 0 Å². The van der Waals surface area contributed by atoms with Crippen LogP contribution in [0.4, 0.5) is 0 Å². The van der Waals surface area contributed by atoms with Crippen molar-refractivity contribution in [2.24, 2.45) is 0 Å². The molecule has 314 valence electrons. The number of halogens is 2. The molecule has 10 aromatic rings. The Morgan fingerprint density at radius 2 is 0.609 bits per heavy atom. The minimum Gasteiger partial charge on any atom is -0.164 e. The number of aryl methyl sites for hydroxylation is 4. The quantitative estimate of drug-likeness (QED) is 0.0946. The molecule has 4 heteroatoms. The molecule has 0 spiro atoms. The van der Waals surface area contributed by atoms with Gasteiger partial charge in [-0.15, -0.1) is 44.8 Å². The fraction of sp³-hybridized carbons (Fsp3) is 0.100. The van der Waals surface area contributed by atoms with Crippen molar-refractivity contribution in [3.63, 3.8) is 0 Å². The van der Waals surface area contributed by atoms with E-state index in [1.54, 1.807) is 0 Å². The molecule has 0 saturated heterocycles. The van der Waals surface area contributed by atoms with Gasteiger partial charge in [0.2, 0.25) is 0 Å². The molecule has 0 N–H and O–H groups in total. The molecular weight excluding hydrogens is 911 g/mol. The van der Waals surface area contributed by atoms with Gasteiger partial charge in [-0.25, -0.2) is 0 Å². The number of benzene rings is 8. The molecule has 2 radical (unpaired) electrons. The van der Waals surface area contributed by atoms with E-state index in [2.05, 4.69) is 244 Å². The molecule has 0 amide bonds. The fourth-order valence-corrected chi connectivity index (χ4v) is 8.35. The summed E-state index contributed by atoms with van der Waals surface area (Å²) in [6.07, 6.45) is 4.25. The van der Waals surface area contributed by atoms with E-state index in [4.69, 9.17) is 17.0 Å². The Hall–Kier alpha value is -5.34. The van der Waals surface area contributed by atoms with Crippen LogP contribution in [-0.2, 0) is 46.5 Å². The first-order valence-corrected chi connectivity index (χ1v) is 30.2. The summed E-state index contributed by atoms with van der Waals surface area (Å²) in [6, 6.07) is 83.1. The van der Waals surface area contributed by atoms with Gasteiger partial charge in [-0.2, -0.15) is 12.1 Å². The van der Waals surface area contributed by atoms with Gasteiger partial charge in [0.15, 0.2) is 0 Å². The number of rotatable bonds is 10. The molecule has 64 heavy (non-hydrogen) atoms. The third-order valence-corrected chi connectivity index (χ3v) is 11.3. The van der Waals surface area contributed by atoms with Gasteiger partial charge in [0.1, 0.15) is 0 Å². The van der Waals surface area contributed by atoms with Crippen LogP contribution in [0.2, 0.25) is 13.1 Å². The molecule has 0 aliphatic rings. The van der Waals surface area contributed by atoms with Crippen molar-refractivity contribution in [3.8, 4) is 44.5 Å². The number of fused-ring (bicyclic) bond motifs is 2. The zero-order chi connectivity index (χ0) is 44.4. The maximum atomic E-state index is 4.93. The van der Waals surface area contributed by atoms with Crippen molar-refractivity contribution >= 4 is 48.1 Å². The van der Waals surface area contributed by atoms with Gasteiger partial charge in [-0.3, -0.25) is 0 Å². The van der Waals surface area contributed by atoms with Crippen molar-refractivity contribution in [3.05, 3.63) is 253 Å². The summed E-state index contributed by atoms with van der Waals surface area (Å²) in [5, 5.41) is 5.39. The zero-order valence-electron chi connectivity index (χ0n) is 36.5. The van der Waals surface area contributed by atoms with Crippen molar-refractivity contribution in [2.75, 3.05) is 0 Å². The molecule has 0 aliphatic heterocycles. The zero-order valence-corrected chi connectivity index (χ0v) is 41.5. The fourth-order valence-electron chi connectivity index (χ4n) is 8.35. The predicted molar refractivity (Wildman–Crippen MR) is 278 cm³/mol. The Morgan fingerprint density at radius 3 is 0.906 bits per heavy atom. The summed E-state index contributed by atoms with van der Waals surface area (Å²) in [4.78, 5) is 0. The topological polar surface area (TPSA) is 0 Å². The molecular formula is C60H52Cl2SiZr. The van der Waals surface area contributed by atoms with Gasteiger partial charge in [0.25, 0.3) is 0 Å². The SMILES string of the molecule is C[Si]C.[Cl][Zr+2][Cl].c1ccc(CCc2cc3c(-c4ccccc4)ccc(-c4ccccc4)c3[cH-]2)cc1.c1ccc(CCc2cc3c(-c4ccccc4)ccc(-c4ccccc4)c3[cH-]2)cc1. The first-order valence-electron chi connectivity index (χ1n) is 21.9. The molecule has 0 unspecified atom stereocenters. The van der Waals surface area contributed by atoms with Crippen LogP contribution in [0.15, 0.2) is 231 Å². The van der Waals surface area contributed by atoms with E-state index in [9.17, 15) is 0 Å². The molecule has 0 fully saturated rings. The summed E-state index contributed by atoms with van der Waals surface area (Å²) < 4.78 is 0. The molecule has 0 atom stereocenters. The summed E-state index contributed by atoms with van der Waals surface area (Å²) in [6.45, 7) is 4.31. The van der Waals surface area contributed by atoms with E-state index >= 15 is 0 Å². The largest absolute Gasteiger partial charge is 0.164 e. The van der Waals surface area contributed by atoms with Crippen LogP contribution < -0.4 is 0 Å². The van der Waals surface area contributed by atoms with Gasteiger partial charge in [-0.05, 0) is 47.9 Å². The third-order valence-electron chi connectivity index (χ3n) is 11.3. The van der Waals surface area contributed by atoms with E-state index in [1.165, 1.54) is 88.3 Å².